The maximum atomic E-state index is 10.3. The van der Waals surface area contributed by atoms with Gasteiger partial charge in [0.2, 0.25) is 0 Å². The van der Waals surface area contributed by atoms with Crippen molar-refractivity contribution in [2.75, 3.05) is 18.1 Å². The summed E-state index contributed by atoms with van der Waals surface area (Å²) in [6.07, 6.45) is 1.74. The van der Waals surface area contributed by atoms with Crippen molar-refractivity contribution in [2.24, 2.45) is 0 Å². The Morgan fingerprint density at radius 3 is 2.83 bits per heavy atom. The number of aromatic hydroxyl groups is 1. The van der Waals surface area contributed by atoms with Gasteiger partial charge >= 0.3 is 0 Å². The summed E-state index contributed by atoms with van der Waals surface area (Å²) in [5.74, 6) is 2.16. The van der Waals surface area contributed by atoms with E-state index in [0.717, 1.165) is 29.9 Å². The number of nitrogens with one attached hydrogen (secondary N) is 1. The fourth-order valence-corrected chi connectivity index (χ4v) is 3.60. The van der Waals surface area contributed by atoms with E-state index < -0.39 is 5.60 Å². The van der Waals surface area contributed by atoms with Gasteiger partial charge in [-0.15, -0.1) is 0 Å². The molecule has 1 aliphatic rings. The summed E-state index contributed by atoms with van der Waals surface area (Å²) in [6.45, 7) is 2.67. The first-order valence-electron chi connectivity index (χ1n) is 6.46. The van der Waals surface area contributed by atoms with Crippen molar-refractivity contribution in [3.05, 3.63) is 29.8 Å². The second-order valence-electron chi connectivity index (χ2n) is 4.93. The Morgan fingerprint density at radius 2 is 2.22 bits per heavy atom. The lowest BCUT2D eigenvalue weighted by molar-refractivity contribution is 0.0642. The fourth-order valence-electron chi connectivity index (χ4n) is 2.31. The van der Waals surface area contributed by atoms with Crippen LogP contribution in [0.4, 0.5) is 0 Å². The SMILES string of the molecule is CC[C@@H](NC[C@@]1(O)CCSC1)c1ccccc1O. The van der Waals surface area contributed by atoms with Gasteiger partial charge in [0.15, 0.2) is 0 Å². The van der Waals surface area contributed by atoms with Gasteiger partial charge in [-0.25, -0.2) is 0 Å². The maximum absolute atomic E-state index is 10.3. The minimum absolute atomic E-state index is 0.0980. The topological polar surface area (TPSA) is 52.5 Å². The molecule has 0 aromatic heterocycles. The Hall–Kier alpha value is -0.710. The lowest BCUT2D eigenvalue weighted by Crippen LogP contribution is -2.41. The molecule has 3 N–H and O–H groups in total. The normalized spacial score (nSPS) is 25.2. The molecule has 0 amide bonds. The lowest BCUT2D eigenvalue weighted by Gasteiger charge is -2.26. The summed E-state index contributed by atoms with van der Waals surface area (Å²) < 4.78 is 0. The number of thioether (sulfide) groups is 1. The van der Waals surface area contributed by atoms with Crippen LogP contribution in [0.1, 0.15) is 31.4 Å². The van der Waals surface area contributed by atoms with E-state index in [9.17, 15) is 10.2 Å². The van der Waals surface area contributed by atoms with Gasteiger partial charge in [0.1, 0.15) is 5.75 Å². The number of benzene rings is 1. The van der Waals surface area contributed by atoms with Crippen LogP contribution >= 0.6 is 11.8 Å². The maximum Gasteiger partial charge on any atom is 0.120 e. The minimum atomic E-state index is -0.581. The van der Waals surface area contributed by atoms with Gasteiger partial charge in [-0.2, -0.15) is 11.8 Å². The van der Waals surface area contributed by atoms with Gasteiger partial charge < -0.3 is 15.5 Å². The number of hydrogen-bond acceptors (Lipinski definition) is 4. The van der Waals surface area contributed by atoms with Gasteiger partial charge in [-0.3, -0.25) is 0 Å². The van der Waals surface area contributed by atoms with Crippen molar-refractivity contribution in [1.29, 1.82) is 0 Å². The van der Waals surface area contributed by atoms with Crippen LogP contribution in [0.15, 0.2) is 24.3 Å². The summed E-state index contributed by atoms with van der Waals surface area (Å²) >= 11 is 1.80. The molecule has 0 unspecified atom stereocenters. The largest absolute Gasteiger partial charge is 0.508 e. The van der Waals surface area contributed by atoms with Crippen molar-refractivity contribution in [3.63, 3.8) is 0 Å². The van der Waals surface area contributed by atoms with Crippen LogP contribution < -0.4 is 5.32 Å². The molecule has 3 nitrogen and oxygen atoms in total. The summed E-state index contributed by atoms with van der Waals surface area (Å²) in [5, 5.41) is 23.6. The Balaban J connectivity index is 1.99. The Kier molecular flexibility index (Phi) is 4.54. The first-order chi connectivity index (χ1) is 8.64. The second kappa shape index (κ2) is 5.95. The molecule has 100 valence electrons. The molecule has 18 heavy (non-hydrogen) atoms. The third-order valence-electron chi connectivity index (χ3n) is 3.48. The van der Waals surface area contributed by atoms with Crippen LogP contribution in [0.25, 0.3) is 0 Å². The zero-order valence-electron chi connectivity index (χ0n) is 10.7. The van der Waals surface area contributed by atoms with Crippen molar-refractivity contribution in [3.8, 4) is 5.75 Å². The van der Waals surface area contributed by atoms with Crippen LogP contribution in [0.5, 0.6) is 5.75 Å². The molecule has 1 fully saturated rings. The van der Waals surface area contributed by atoms with Crippen molar-refractivity contribution in [1.82, 2.24) is 5.32 Å². The Morgan fingerprint density at radius 1 is 1.44 bits per heavy atom. The first-order valence-corrected chi connectivity index (χ1v) is 7.61. The van der Waals surface area contributed by atoms with Crippen LogP contribution in [-0.4, -0.2) is 33.9 Å². The highest BCUT2D eigenvalue weighted by Crippen LogP contribution is 2.30. The van der Waals surface area contributed by atoms with E-state index in [1.807, 2.05) is 18.2 Å². The van der Waals surface area contributed by atoms with E-state index in [-0.39, 0.29) is 6.04 Å². The summed E-state index contributed by atoms with van der Waals surface area (Å²) in [7, 11) is 0. The highest BCUT2D eigenvalue weighted by Gasteiger charge is 2.32. The van der Waals surface area contributed by atoms with Gasteiger partial charge in [-0.1, -0.05) is 25.1 Å². The van der Waals surface area contributed by atoms with Gasteiger partial charge in [0, 0.05) is 23.9 Å². The average molecular weight is 267 g/mol. The van der Waals surface area contributed by atoms with E-state index in [0.29, 0.717) is 12.3 Å². The number of para-hydroxylation sites is 1. The molecule has 1 heterocycles. The molecule has 4 heteroatoms. The smallest absolute Gasteiger partial charge is 0.120 e. The van der Waals surface area contributed by atoms with Crippen LogP contribution in [0, 0.1) is 0 Å². The molecule has 0 radical (unpaired) electrons. The standard InChI is InChI=1S/C14H21NO2S/c1-2-12(11-5-3-4-6-13(11)16)15-9-14(17)7-8-18-10-14/h3-6,12,15-17H,2,7-10H2,1H3/t12-,14+/m1/s1. The highest BCUT2D eigenvalue weighted by molar-refractivity contribution is 7.99. The molecule has 0 spiro atoms. The number of rotatable bonds is 5. The lowest BCUT2D eigenvalue weighted by atomic mass is 10.00. The monoisotopic (exact) mass is 267 g/mol. The molecule has 0 bridgehead atoms. The van der Waals surface area contributed by atoms with E-state index >= 15 is 0 Å². The molecular weight excluding hydrogens is 246 g/mol. The molecular formula is C14H21NO2S. The summed E-state index contributed by atoms with van der Waals surface area (Å²) in [6, 6.07) is 7.50. The fraction of sp³-hybridized carbons (Fsp3) is 0.571. The molecule has 0 saturated carbocycles. The highest BCUT2D eigenvalue weighted by atomic mass is 32.2. The van der Waals surface area contributed by atoms with Crippen molar-refractivity contribution < 1.29 is 10.2 Å². The average Bonchev–Trinajstić information content (AvgIpc) is 2.79. The molecule has 2 atom stereocenters. The second-order valence-corrected chi connectivity index (χ2v) is 6.03. The molecule has 0 aliphatic carbocycles. The third kappa shape index (κ3) is 3.19. The Labute approximate surface area is 113 Å². The van der Waals surface area contributed by atoms with Crippen molar-refractivity contribution in [2.45, 2.75) is 31.4 Å². The van der Waals surface area contributed by atoms with Crippen LogP contribution in [-0.2, 0) is 0 Å². The van der Waals surface area contributed by atoms with E-state index in [1.54, 1.807) is 17.8 Å². The molecule has 1 aromatic rings. The van der Waals surface area contributed by atoms with Gasteiger partial charge in [-0.05, 0) is 24.7 Å². The number of aliphatic hydroxyl groups is 1. The van der Waals surface area contributed by atoms with E-state index in [2.05, 4.69) is 12.2 Å². The van der Waals surface area contributed by atoms with Crippen LogP contribution in [0.3, 0.4) is 0 Å². The molecule has 1 saturated heterocycles. The zero-order valence-corrected chi connectivity index (χ0v) is 11.5. The minimum Gasteiger partial charge on any atom is -0.508 e. The third-order valence-corrected chi connectivity index (χ3v) is 4.71. The first kappa shape index (κ1) is 13.7. The van der Waals surface area contributed by atoms with Gasteiger partial charge in [0.25, 0.3) is 0 Å². The summed E-state index contributed by atoms with van der Waals surface area (Å²) in [4.78, 5) is 0. The van der Waals surface area contributed by atoms with Crippen molar-refractivity contribution >= 4 is 11.8 Å². The Bertz CT molecular complexity index is 391. The number of phenols is 1. The molecule has 1 aromatic carbocycles. The molecule has 2 rings (SSSR count). The van der Waals surface area contributed by atoms with Gasteiger partial charge in [0.05, 0.1) is 5.60 Å². The van der Waals surface area contributed by atoms with E-state index in [1.165, 1.54) is 0 Å². The molecule has 1 aliphatic heterocycles. The predicted molar refractivity (Wildman–Crippen MR) is 76.0 cm³/mol. The summed E-state index contributed by atoms with van der Waals surface area (Å²) in [5.41, 5.74) is 0.330. The number of hydrogen-bond donors (Lipinski definition) is 3. The zero-order chi connectivity index (χ0) is 13.0. The quantitative estimate of drug-likeness (QED) is 0.766. The number of phenolic OH excluding ortho intramolecular Hbond substituents is 1. The predicted octanol–water partition coefficient (Wildman–Crippen LogP) is 2.30. The van der Waals surface area contributed by atoms with Crippen LogP contribution in [0.2, 0.25) is 0 Å². The van der Waals surface area contributed by atoms with E-state index in [4.69, 9.17) is 0 Å².